The lowest BCUT2D eigenvalue weighted by atomic mass is 9.98. The van der Waals surface area contributed by atoms with Crippen LogP contribution in [0.15, 0.2) is 0 Å². The van der Waals surface area contributed by atoms with Crippen molar-refractivity contribution in [1.82, 2.24) is 0 Å². The summed E-state index contributed by atoms with van der Waals surface area (Å²) in [4.78, 5) is 11.3. The lowest BCUT2D eigenvalue weighted by Crippen LogP contribution is -2.29. The van der Waals surface area contributed by atoms with Crippen LogP contribution in [0, 0.1) is 5.92 Å². The first-order chi connectivity index (χ1) is 6.25. The molecule has 2 nitrogen and oxygen atoms in total. The SMILES string of the molecule is CCCOC(C(C)=O)C1CCCC1. The number of carbonyl (C=O) groups excluding carboxylic acids is 1. The van der Waals surface area contributed by atoms with Gasteiger partial charge in [0.05, 0.1) is 0 Å². The van der Waals surface area contributed by atoms with E-state index in [0.717, 1.165) is 13.0 Å². The van der Waals surface area contributed by atoms with Crippen molar-refractivity contribution in [3.05, 3.63) is 0 Å². The molecule has 0 aromatic rings. The van der Waals surface area contributed by atoms with Crippen LogP contribution in [0.1, 0.15) is 46.0 Å². The number of Topliss-reactive ketones (excluding diaryl/α,β-unsaturated/α-hetero) is 1. The van der Waals surface area contributed by atoms with Gasteiger partial charge in [-0.05, 0) is 32.1 Å². The van der Waals surface area contributed by atoms with Crippen molar-refractivity contribution in [2.24, 2.45) is 5.92 Å². The van der Waals surface area contributed by atoms with E-state index >= 15 is 0 Å². The molecular weight excluding hydrogens is 164 g/mol. The molecule has 13 heavy (non-hydrogen) atoms. The fraction of sp³-hybridized carbons (Fsp3) is 0.909. The maximum Gasteiger partial charge on any atom is 0.158 e. The van der Waals surface area contributed by atoms with Gasteiger partial charge in [-0.3, -0.25) is 4.79 Å². The third-order valence-electron chi connectivity index (χ3n) is 2.73. The summed E-state index contributed by atoms with van der Waals surface area (Å²) in [6, 6.07) is 0. The topological polar surface area (TPSA) is 26.3 Å². The highest BCUT2D eigenvalue weighted by atomic mass is 16.5. The first-order valence-corrected chi connectivity index (χ1v) is 5.37. The molecule has 1 aliphatic rings. The van der Waals surface area contributed by atoms with Gasteiger partial charge < -0.3 is 4.74 Å². The van der Waals surface area contributed by atoms with Gasteiger partial charge in [0.1, 0.15) is 6.10 Å². The Bertz CT molecular complexity index is 159. The molecule has 1 unspecified atom stereocenters. The molecule has 2 heteroatoms. The molecule has 0 N–H and O–H groups in total. The molecule has 1 atom stereocenters. The van der Waals surface area contributed by atoms with E-state index in [1.54, 1.807) is 6.92 Å². The van der Waals surface area contributed by atoms with Crippen LogP contribution < -0.4 is 0 Å². The van der Waals surface area contributed by atoms with E-state index in [-0.39, 0.29) is 11.9 Å². The minimum atomic E-state index is -0.109. The van der Waals surface area contributed by atoms with Crippen molar-refractivity contribution in [2.75, 3.05) is 6.61 Å². The monoisotopic (exact) mass is 184 g/mol. The molecule has 1 aliphatic carbocycles. The van der Waals surface area contributed by atoms with E-state index in [4.69, 9.17) is 4.74 Å². The molecule has 0 aromatic heterocycles. The van der Waals surface area contributed by atoms with Gasteiger partial charge >= 0.3 is 0 Å². The zero-order valence-electron chi connectivity index (χ0n) is 8.71. The van der Waals surface area contributed by atoms with Crippen LogP contribution in [-0.4, -0.2) is 18.5 Å². The van der Waals surface area contributed by atoms with Crippen molar-refractivity contribution in [2.45, 2.75) is 52.1 Å². The first-order valence-electron chi connectivity index (χ1n) is 5.37. The first kappa shape index (κ1) is 10.7. The number of hydrogen-bond acceptors (Lipinski definition) is 2. The number of rotatable bonds is 5. The molecule has 0 aliphatic heterocycles. The average molecular weight is 184 g/mol. The predicted octanol–water partition coefficient (Wildman–Crippen LogP) is 2.56. The van der Waals surface area contributed by atoms with E-state index in [9.17, 15) is 4.79 Å². The van der Waals surface area contributed by atoms with Crippen LogP contribution in [0.2, 0.25) is 0 Å². The van der Waals surface area contributed by atoms with Crippen molar-refractivity contribution in [3.8, 4) is 0 Å². The Morgan fingerprint density at radius 3 is 2.54 bits per heavy atom. The van der Waals surface area contributed by atoms with Crippen LogP contribution in [0.3, 0.4) is 0 Å². The third-order valence-corrected chi connectivity index (χ3v) is 2.73. The largest absolute Gasteiger partial charge is 0.370 e. The lowest BCUT2D eigenvalue weighted by Gasteiger charge is -2.20. The van der Waals surface area contributed by atoms with E-state index < -0.39 is 0 Å². The summed E-state index contributed by atoms with van der Waals surface area (Å²) in [5.74, 6) is 0.712. The van der Waals surface area contributed by atoms with Gasteiger partial charge in [-0.2, -0.15) is 0 Å². The normalized spacial score (nSPS) is 20.5. The minimum Gasteiger partial charge on any atom is -0.370 e. The Morgan fingerprint density at radius 2 is 2.08 bits per heavy atom. The van der Waals surface area contributed by atoms with E-state index in [1.165, 1.54) is 25.7 Å². The summed E-state index contributed by atoms with van der Waals surface area (Å²) in [7, 11) is 0. The third kappa shape index (κ3) is 3.11. The maximum absolute atomic E-state index is 11.3. The highest BCUT2D eigenvalue weighted by molar-refractivity contribution is 5.80. The fourth-order valence-electron chi connectivity index (χ4n) is 2.09. The Hall–Kier alpha value is -0.370. The van der Waals surface area contributed by atoms with Gasteiger partial charge in [0.15, 0.2) is 5.78 Å². The fourth-order valence-corrected chi connectivity index (χ4v) is 2.09. The van der Waals surface area contributed by atoms with Crippen LogP contribution >= 0.6 is 0 Å². The quantitative estimate of drug-likeness (QED) is 0.656. The standard InChI is InChI=1S/C11H20O2/c1-3-8-13-11(9(2)12)10-6-4-5-7-10/h10-11H,3-8H2,1-2H3. The summed E-state index contributed by atoms with van der Waals surface area (Å²) in [6.07, 6.45) is 5.77. The highest BCUT2D eigenvalue weighted by Gasteiger charge is 2.28. The van der Waals surface area contributed by atoms with Crippen molar-refractivity contribution in [1.29, 1.82) is 0 Å². The van der Waals surface area contributed by atoms with Crippen LogP contribution in [0.25, 0.3) is 0 Å². The molecular formula is C11H20O2. The van der Waals surface area contributed by atoms with Gasteiger partial charge in [-0.15, -0.1) is 0 Å². The summed E-state index contributed by atoms with van der Waals surface area (Å²) in [6.45, 7) is 4.45. The molecule has 0 spiro atoms. The van der Waals surface area contributed by atoms with Crippen LogP contribution in [-0.2, 0) is 9.53 Å². The minimum absolute atomic E-state index is 0.109. The van der Waals surface area contributed by atoms with Crippen LogP contribution in [0.5, 0.6) is 0 Å². The van der Waals surface area contributed by atoms with E-state index in [2.05, 4.69) is 6.92 Å². The van der Waals surface area contributed by atoms with E-state index in [0.29, 0.717) is 5.92 Å². The zero-order valence-corrected chi connectivity index (χ0v) is 8.71. The highest BCUT2D eigenvalue weighted by Crippen LogP contribution is 2.29. The lowest BCUT2D eigenvalue weighted by molar-refractivity contribution is -0.131. The summed E-state index contributed by atoms with van der Waals surface area (Å²) in [5, 5.41) is 0. The second kappa shape index (κ2) is 5.38. The Kier molecular flexibility index (Phi) is 4.43. The molecule has 1 rings (SSSR count). The number of hydrogen-bond donors (Lipinski definition) is 0. The second-order valence-corrected chi connectivity index (χ2v) is 3.95. The van der Waals surface area contributed by atoms with Crippen molar-refractivity contribution in [3.63, 3.8) is 0 Å². The smallest absolute Gasteiger partial charge is 0.158 e. The summed E-state index contributed by atoms with van der Waals surface area (Å²) < 4.78 is 5.59. The zero-order chi connectivity index (χ0) is 9.68. The van der Waals surface area contributed by atoms with Gasteiger partial charge in [0.2, 0.25) is 0 Å². The number of carbonyl (C=O) groups is 1. The molecule has 0 saturated heterocycles. The molecule has 0 heterocycles. The summed E-state index contributed by atoms with van der Waals surface area (Å²) >= 11 is 0. The Morgan fingerprint density at radius 1 is 1.46 bits per heavy atom. The van der Waals surface area contributed by atoms with Gasteiger partial charge in [-0.25, -0.2) is 0 Å². The van der Waals surface area contributed by atoms with Crippen LogP contribution in [0.4, 0.5) is 0 Å². The second-order valence-electron chi connectivity index (χ2n) is 3.95. The maximum atomic E-state index is 11.3. The molecule has 76 valence electrons. The average Bonchev–Trinajstić information content (AvgIpc) is 2.57. The number of ketones is 1. The number of ether oxygens (including phenoxy) is 1. The van der Waals surface area contributed by atoms with Gasteiger partial charge in [0, 0.05) is 6.61 Å². The van der Waals surface area contributed by atoms with Gasteiger partial charge in [-0.1, -0.05) is 19.8 Å². The molecule has 1 saturated carbocycles. The Balaban J connectivity index is 2.40. The molecule has 0 bridgehead atoms. The Labute approximate surface area is 80.7 Å². The van der Waals surface area contributed by atoms with Gasteiger partial charge in [0.25, 0.3) is 0 Å². The molecule has 0 aromatic carbocycles. The van der Waals surface area contributed by atoms with Crippen molar-refractivity contribution < 1.29 is 9.53 Å². The molecule has 0 radical (unpaired) electrons. The molecule has 0 amide bonds. The molecule has 1 fully saturated rings. The summed E-state index contributed by atoms with van der Waals surface area (Å²) in [5.41, 5.74) is 0. The predicted molar refractivity (Wildman–Crippen MR) is 52.7 cm³/mol. The van der Waals surface area contributed by atoms with Crippen molar-refractivity contribution >= 4 is 5.78 Å². The van der Waals surface area contributed by atoms with E-state index in [1.807, 2.05) is 0 Å².